The smallest absolute Gasteiger partial charge is 0.157 e. The van der Waals surface area contributed by atoms with Crippen LogP contribution in [-0.4, -0.2) is 33.0 Å². The summed E-state index contributed by atoms with van der Waals surface area (Å²) in [6, 6.07) is 0. The molecule has 0 fully saturated rings. The quantitative estimate of drug-likeness (QED) is 0.629. The monoisotopic (exact) mass is 350 g/mol. The molecule has 2 rings (SSSR count). The zero-order chi connectivity index (χ0) is 11.9. The Kier molecular flexibility index (Phi) is 5.18. The molecule has 0 aromatic carbocycles. The van der Waals surface area contributed by atoms with Crippen LogP contribution in [0.3, 0.4) is 0 Å². The lowest BCUT2D eigenvalue weighted by Crippen LogP contribution is -2.15. The van der Waals surface area contributed by atoms with Crippen molar-refractivity contribution in [1.29, 1.82) is 0 Å². The van der Waals surface area contributed by atoms with Crippen LogP contribution in [0.15, 0.2) is 33.5 Å². The van der Waals surface area contributed by atoms with E-state index in [2.05, 4.69) is 22.6 Å². The van der Waals surface area contributed by atoms with Gasteiger partial charge in [-0.25, -0.2) is 0 Å². The number of rotatable bonds is 0. The molecule has 0 radical (unpaired) electrons. The van der Waals surface area contributed by atoms with Crippen LogP contribution in [0.1, 0.15) is 6.42 Å². The fraction of sp³-hybridized carbons (Fsp3) is 0.500. The van der Waals surface area contributed by atoms with Crippen molar-refractivity contribution in [2.24, 2.45) is 0 Å². The van der Waals surface area contributed by atoms with Gasteiger partial charge in [-0.2, -0.15) is 0 Å². The molecule has 17 heavy (non-hydrogen) atoms. The molecule has 4 nitrogen and oxygen atoms in total. The van der Waals surface area contributed by atoms with Gasteiger partial charge in [0.25, 0.3) is 0 Å². The maximum absolute atomic E-state index is 5.59. The third kappa shape index (κ3) is 4.23. The van der Waals surface area contributed by atoms with Crippen molar-refractivity contribution in [1.82, 2.24) is 0 Å². The van der Waals surface area contributed by atoms with E-state index in [1.165, 1.54) is 0 Å². The van der Waals surface area contributed by atoms with Gasteiger partial charge in [-0.05, 0) is 34.7 Å². The van der Waals surface area contributed by atoms with Gasteiger partial charge < -0.3 is 18.9 Å². The van der Waals surface area contributed by atoms with Crippen molar-refractivity contribution >= 4 is 22.6 Å². The predicted molar refractivity (Wildman–Crippen MR) is 71.6 cm³/mol. The van der Waals surface area contributed by atoms with Gasteiger partial charge in [-0.3, -0.25) is 0 Å². The van der Waals surface area contributed by atoms with Gasteiger partial charge in [0.2, 0.25) is 0 Å². The van der Waals surface area contributed by atoms with Gasteiger partial charge in [0.1, 0.15) is 25.6 Å². The van der Waals surface area contributed by atoms with Crippen molar-refractivity contribution in [3.63, 3.8) is 0 Å². The summed E-state index contributed by atoms with van der Waals surface area (Å²) in [6.07, 6.45) is 6.32. The van der Waals surface area contributed by atoms with E-state index in [0.29, 0.717) is 33.0 Å². The average Bonchev–Trinajstić information content (AvgIpc) is 2.34. The minimum atomic E-state index is 0.573. The third-order valence-corrected chi connectivity index (χ3v) is 2.91. The molecule has 0 unspecified atom stereocenters. The van der Waals surface area contributed by atoms with Crippen molar-refractivity contribution < 1.29 is 18.9 Å². The lowest BCUT2D eigenvalue weighted by atomic mass is 10.2. The Morgan fingerprint density at radius 1 is 0.941 bits per heavy atom. The molecule has 0 amide bonds. The second kappa shape index (κ2) is 6.90. The zero-order valence-corrected chi connectivity index (χ0v) is 11.6. The van der Waals surface area contributed by atoms with Crippen LogP contribution in [0.5, 0.6) is 0 Å². The lowest BCUT2D eigenvalue weighted by molar-refractivity contribution is 0.0440. The summed E-state index contributed by atoms with van der Waals surface area (Å²) < 4.78 is 22.9. The highest BCUT2D eigenvalue weighted by atomic mass is 127. The van der Waals surface area contributed by atoms with E-state index in [9.17, 15) is 0 Å². The molecule has 0 spiro atoms. The van der Waals surface area contributed by atoms with Crippen LogP contribution in [0.2, 0.25) is 0 Å². The molecule has 0 saturated heterocycles. The fourth-order valence-corrected chi connectivity index (χ4v) is 1.87. The van der Waals surface area contributed by atoms with Crippen molar-refractivity contribution in [2.75, 3.05) is 33.0 Å². The third-order valence-electron chi connectivity index (χ3n) is 2.30. The van der Waals surface area contributed by atoms with Gasteiger partial charge in [-0.1, -0.05) is 0 Å². The first-order valence-corrected chi connectivity index (χ1v) is 6.66. The number of halogens is 1. The van der Waals surface area contributed by atoms with Gasteiger partial charge >= 0.3 is 0 Å². The number of hydrogen-bond donors (Lipinski definition) is 0. The fourth-order valence-electron chi connectivity index (χ4n) is 1.51. The van der Waals surface area contributed by atoms with E-state index < -0.39 is 0 Å². The van der Waals surface area contributed by atoms with Gasteiger partial charge in [-0.15, -0.1) is 0 Å². The summed E-state index contributed by atoms with van der Waals surface area (Å²) in [5, 5.41) is 0. The van der Waals surface area contributed by atoms with E-state index in [1.54, 1.807) is 6.26 Å². The van der Waals surface area contributed by atoms with Crippen molar-refractivity contribution in [3.05, 3.63) is 33.5 Å². The number of ether oxygens (including phenoxy) is 4. The number of allylic oxidation sites excluding steroid dienone is 3. The Morgan fingerprint density at radius 2 is 1.82 bits per heavy atom. The summed E-state index contributed by atoms with van der Waals surface area (Å²) >= 11 is 2.20. The molecular weight excluding hydrogens is 335 g/mol. The normalized spacial score (nSPS) is 27.0. The average molecular weight is 350 g/mol. The van der Waals surface area contributed by atoms with E-state index in [1.807, 2.05) is 12.2 Å². The zero-order valence-electron chi connectivity index (χ0n) is 9.49. The summed E-state index contributed by atoms with van der Waals surface area (Å²) in [5.41, 5.74) is 0. The minimum absolute atomic E-state index is 0.573. The maximum atomic E-state index is 5.59. The Balaban J connectivity index is 2.13. The molecule has 0 aromatic heterocycles. The Morgan fingerprint density at radius 3 is 2.76 bits per heavy atom. The minimum Gasteiger partial charge on any atom is -0.498 e. The molecule has 0 aromatic rings. The highest BCUT2D eigenvalue weighted by Gasteiger charge is 2.13. The van der Waals surface area contributed by atoms with Crippen LogP contribution in [0.25, 0.3) is 0 Å². The topological polar surface area (TPSA) is 36.9 Å². The molecule has 0 atom stereocenters. The maximum Gasteiger partial charge on any atom is 0.157 e. The van der Waals surface area contributed by atoms with Gasteiger partial charge in [0.05, 0.1) is 19.5 Å². The van der Waals surface area contributed by atoms with Gasteiger partial charge in [0.15, 0.2) is 5.76 Å². The first-order valence-electron chi connectivity index (χ1n) is 5.58. The molecular formula is C12H15IO4. The summed E-state index contributed by atoms with van der Waals surface area (Å²) in [5.74, 6) is 1.67. The standard InChI is InChI=1S/C12H15IO4/c13-10-1-2-11-12(17-8-7-16-11)3-4-14-5-6-15-9-10/h1-2,9H,3-8H2/b2-1-,10-9+. The van der Waals surface area contributed by atoms with E-state index in [-0.39, 0.29) is 0 Å². The van der Waals surface area contributed by atoms with Crippen molar-refractivity contribution in [3.8, 4) is 0 Å². The van der Waals surface area contributed by atoms with Crippen LogP contribution < -0.4 is 0 Å². The summed E-state index contributed by atoms with van der Waals surface area (Å²) in [6.45, 7) is 3.00. The molecule has 2 aliphatic heterocycles. The number of hydrogen-bond acceptors (Lipinski definition) is 4. The van der Waals surface area contributed by atoms with E-state index >= 15 is 0 Å². The van der Waals surface area contributed by atoms with Crippen LogP contribution >= 0.6 is 22.6 Å². The SMILES string of the molecule is IC1=C/OCCOCCC2=C(/C=C\1)OCCO2. The predicted octanol–water partition coefficient (Wildman–Crippen LogP) is 2.51. The van der Waals surface area contributed by atoms with Crippen LogP contribution in [0, 0.1) is 0 Å². The molecule has 2 aliphatic rings. The first kappa shape index (κ1) is 12.8. The molecule has 0 saturated carbocycles. The van der Waals surface area contributed by atoms with Crippen LogP contribution in [0.4, 0.5) is 0 Å². The first-order chi connectivity index (χ1) is 8.36. The van der Waals surface area contributed by atoms with Gasteiger partial charge in [0, 0.05) is 10.0 Å². The second-order valence-electron chi connectivity index (χ2n) is 3.55. The summed E-state index contributed by atoms with van der Waals surface area (Å²) in [7, 11) is 0. The van der Waals surface area contributed by atoms with Crippen molar-refractivity contribution in [2.45, 2.75) is 6.42 Å². The van der Waals surface area contributed by atoms with Crippen LogP contribution in [-0.2, 0) is 18.9 Å². The highest BCUT2D eigenvalue weighted by Crippen LogP contribution is 2.20. The lowest BCUT2D eigenvalue weighted by Gasteiger charge is -2.20. The molecule has 94 valence electrons. The van der Waals surface area contributed by atoms with E-state index in [4.69, 9.17) is 18.9 Å². The molecule has 0 N–H and O–H groups in total. The molecule has 0 bridgehead atoms. The molecule has 2 heterocycles. The molecule has 5 heteroatoms. The Bertz CT molecular complexity index is 346. The summed E-state index contributed by atoms with van der Waals surface area (Å²) in [4.78, 5) is 0. The Labute approximate surface area is 114 Å². The second-order valence-corrected chi connectivity index (χ2v) is 4.80. The highest BCUT2D eigenvalue weighted by molar-refractivity contribution is 14.1. The van der Waals surface area contributed by atoms with E-state index in [0.717, 1.165) is 21.5 Å². The Hall–Kier alpha value is -0.690. The largest absolute Gasteiger partial charge is 0.498 e. The molecule has 0 aliphatic carbocycles.